The van der Waals surface area contributed by atoms with Crippen LogP contribution in [-0.4, -0.2) is 24.0 Å². The molecule has 0 aromatic rings. The van der Waals surface area contributed by atoms with Gasteiger partial charge in [0.1, 0.15) is 11.9 Å². The fourth-order valence-electron chi connectivity index (χ4n) is 2.35. The molecule has 4 heteroatoms. The lowest BCUT2D eigenvalue weighted by atomic mass is 9.95. The second-order valence-corrected chi connectivity index (χ2v) is 6.33. The molecule has 0 spiro atoms. The van der Waals surface area contributed by atoms with Crippen LogP contribution in [0.4, 0.5) is 4.79 Å². The lowest BCUT2D eigenvalue weighted by molar-refractivity contribution is -0.119. The van der Waals surface area contributed by atoms with Gasteiger partial charge >= 0.3 is 6.09 Å². The first-order chi connectivity index (χ1) is 8.88. The van der Waals surface area contributed by atoms with Crippen LogP contribution >= 0.6 is 0 Å². The van der Waals surface area contributed by atoms with E-state index in [1.165, 1.54) is 0 Å². The largest absolute Gasteiger partial charge is 0.444 e. The van der Waals surface area contributed by atoms with Gasteiger partial charge in [-0.05, 0) is 31.1 Å². The van der Waals surface area contributed by atoms with Crippen molar-refractivity contribution in [2.75, 3.05) is 0 Å². The number of hydrogen-bond donors (Lipinski definition) is 1. The summed E-state index contributed by atoms with van der Waals surface area (Å²) in [6.07, 6.45) is 3.16. The van der Waals surface area contributed by atoms with Crippen LogP contribution in [0.3, 0.4) is 0 Å². The van der Waals surface area contributed by atoms with E-state index in [0.29, 0.717) is 31.1 Å². The van der Waals surface area contributed by atoms with Crippen molar-refractivity contribution in [3.63, 3.8) is 0 Å². The van der Waals surface area contributed by atoms with Crippen molar-refractivity contribution in [1.29, 1.82) is 0 Å². The van der Waals surface area contributed by atoms with E-state index in [0.717, 1.165) is 12.8 Å². The summed E-state index contributed by atoms with van der Waals surface area (Å²) in [6.45, 7) is 8.48. The van der Waals surface area contributed by atoms with Crippen LogP contribution in [0.1, 0.15) is 59.8 Å². The third-order valence-corrected chi connectivity index (χ3v) is 3.44. The van der Waals surface area contributed by atoms with Crippen molar-refractivity contribution in [1.82, 2.24) is 5.32 Å². The lowest BCUT2D eigenvalue weighted by Crippen LogP contribution is -2.33. The predicted molar refractivity (Wildman–Crippen MR) is 75.0 cm³/mol. The second kappa shape index (κ2) is 7.51. The van der Waals surface area contributed by atoms with E-state index >= 15 is 0 Å². The van der Waals surface area contributed by atoms with Crippen LogP contribution in [0, 0.1) is 11.8 Å². The highest BCUT2D eigenvalue weighted by molar-refractivity contribution is 5.78. The highest BCUT2D eigenvalue weighted by Gasteiger charge is 2.34. The zero-order chi connectivity index (χ0) is 14.4. The van der Waals surface area contributed by atoms with Crippen molar-refractivity contribution >= 4 is 11.9 Å². The standard InChI is InChI=1S/C15H27NO3/c1-10(2)5-6-12(17)7-8-14-13(9-11(3)4)16-15(18)19-14/h10-11,13-14H,5-9H2,1-4H3,(H,16,18). The number of cyclic esters (lactones) is 1. The maximum absolute atomic E-state index is 11.8. The summed E-state index contributed by atoms with van der Waals surface area (Å²) in [4.78, 5) is 23.0. The molecular formula is C15H27NO3. The lowest BCUT2D eigenvalue weighted by Gasteiger charge is -2.18. The quantitative estimate of drug-likeness (QED) is 0.735. The molecule has 0 aromatic carbocycles. The Balaban J connectivity index is 2.33. The van der Waals surface area contributed by atoms with Gasteiger partial charge in [-0.2, -0.15) is 0 Å². The molecule has 1 amide bonds. The summed E-state index contributed by atoms with van der Waals surface area (Å²) in [7, 11) is 0. The molecule has 19 heavy (non-hydrogen) atoms. The molecule has 1 N–H and O–H groups in total. The monoisotopic (exact) mass is 269 g/mol. The number of hydrogen-bond acceptors (Lipinski definition) is 3. The van der Waals surface area contributed by atoms with E-state index in [-0.39, 0.29) is 24.0 Å². The van der Waals surface area contributed by atoms with Gasteiger partial charge in [0, 0.05) is 12.8 Å². The number of ether oxygens (including phenoxy) is 1. The van der Waals surface area contributed by atoms with Gasteiger partial charge in [0.2, 0.25) is 0 Å². The van der Waals surface area contributed by atoms with Crippen molar-refractivity contribution in [3.8, 4) is 0 Å². The van der Waals surface area contributed by atoms with Crippen LogP contribution in [0.25, 0.3) is 0 Å². The second-order valence-electron chi connectivity index (χ2n) is 6.33. The molecule has 0 radical (unpaired) electrons. The zero-order valence-electron chi connectivity index (χ0n) is 12.6. The number of carbonyl (C=O) groups is 2. The first-order valence-electron chi connectivity index (χ1n) is 7.37. The SMILES string of the molecule is CC(C)CCC(=O)CCC1OC(=O)NC1CC(C)C. The Labute approximate surface area is 116 Å². The minimum atomic E-state index is -0.342. The van der Waals surface area contributed by atoms with Gasteiger partial charge in [0.05, 0.1) is 6.04 Å². The summed E-state index contributed by atoms with van der Waals surface area (Å²) in [5.41, 5.74) is 0. The van der Waals surface area contributed by atoms with Gasteiger partial charge in [-0.15, -0.1) is 0 Å². The van der Waals surface area contributed by atoms with Crippen LogP contribution in [0.2, 0.25) is 0 Å². The smallest absolute Gasteiger partial charge is 0.407 e. The minimum Gasteiger partial charge on any atom is -0.444 e. The molecule has 0 saturated carbocycles. The maximum atomic E-state index is 11.8. The van der Waals surface area contributed by atoms with Crippen molar-refractivity contribution < 1.29 is 14.3 Å². The Morgan fingerprint density at radius 1 is 1.21 bits per heavy atom. The highest BCUT2D eigenvalue weighted by Crippen LogP contribution is 2.21. The number of carbonyl (C=O) groups excluding carboxylic acids is 2. The van der Waals surface area contributed by atoms with Gasteiger partial charge in [0.25, 0.3) is 0 Å². The maximum Gasteiger partial charge on any atom is 0.407 e. The van der Waals surface area contributed by atoms with Gasteiger partial charge in [-0.3, -0.25) is 4.79 Å². The first kappa shape index (κ1) is 16.0. The number of amides is 1. The fraction of sp³-hybridized carbons (Fsp3) is 0.867. The molecule has 1 fully saturated rings. The molecule has 0 aliphatic carbocycles. The molecule has 1 rings (SSSR count). The van der Waals surface area contributed by atoms with Crippen molar-refractivity contribution in [2.45, 2.75) is 71.9 Å². The first-order valence-corrected chi connectivity index (χ1v) is 7.37. The Hall–Kier alpha value is -1.06. The number of nitrogens with one attached hydrogen (secondary N) is 1. The Morgan fingerprint density at radius 3 is 2.47 bits per heavy atom. The molecule has 4 nitrogen and oxygen atoms in total. The molecule has 1 saturated heterocycles. The van der Waals surface area contributed by atoms with E-state index in [1.807, 2.05) is 0 Å². The number of Topliss-reactive ketones (excluding diaryl/α,β-unsaturated/α-hetero) is 1. The normalized spacial score (nSPS) is 22.7. The van der Waals surface area contributed by atoms with Crippen LogP contribution in [-0.2, 0) is 9.53 Å². The van der Waals surface area contributed by atoms with Crippen molar-refractivity contribution in [3.05, 3.63) is 0 Å². The van der Waals surface area contributed by atoms with Gasteiger partial charge in [-0.1, -0.05) is 27.7 Å². The van der Waals surface area contributed by atoms with Crippen molar-refractivity contribution in [2.24, 2.45) is 11.8 Å². The number of rotatable bonds is 8. The van der Waals surface area contributed by atoms with E-state index in [1.54, 1.807) is 0 Å². The summed E-state index contributed by atoms with van der Waals surface area (Å²) < 4.78 is 5.25. The molecule has 0 bridgehead atoms. The summed E-state index contributed by atoms with van der Waals surface area (Å²) in [5, 5.41) is 2.84. The number of alkyl carbamates (subject to hydrolysis) is 1. The third kappa shape index (κ3) is 6.08. The van der Waals surface area contributed by atoms with Crippen LogP contribution in [0.15, 0.2) is 0 Å². The average molecular weight is 269 g/mol. The molecule has 1 aliphatic heterocycles. The average Bonchev–Trinajstić information content (AvgIpc) is 2.63. The molecular weight excluding hydrogens is 242 g/mol. The predicted octanol–water partition coefficient (Wildman–Crippen LogP) is 3.30. The molecule has 110 valence electrons. The third-order valence-electron chi connectivity index (χ3n) is 3.44. The van der Waals surface area contributed by atoms with Gasteiger partial charge in [0.15, 0.2) is 0 Å². The van der Waals surface area contributed by atoms with E-state index in [9.17, 15) is 9.59 Å². The zero-order valence-corrected chi connectivity index (χ0v) is 12.6. The summed E-state index contributed by atoms with van der Waals surface area (Å²) >= 11 is 0. The number of ketones is 1. The Morgan fingerprint density at radius 2 is 1.89 bits per heavy atom. The summed E-state index contributed by atoms with van der Waals surface area (Å²) in [6, 6.07) is 0.0606. The molecule has 1 aliphatic rings. The molecule has 2 unspecified atom stereocenters. The fourth-order valence-corrected chi connectivity index (χ4v) is 2.35. The minimum absolute atomic E-state index is 0.0606. The van der Waals surface area contributed by atoms with Crippen LogP contribution in [0.5, 0.6) is 0 Å². The Kier molecular flexibility index (Phi) is 6.32. The Bertz CT molecular complexity index is 313. The van der Waals surface area contributed by atoms with E-state index < -0.39 is 0 Å². The molecule has 1 heterocycles. The summed E-state index contributed by atoms with van der Waals surface area (Å²) in [5.74, 6) is 1.34. The molecule has 2 atom stereocenters. The van der Waals surface area contributed by atoms with Gasteiger partial charge in [-0.25, -0.2) is 4.79 Å². The van der Waals surface area contributed by atoms with Gasteiger partial charge < -0.3 is 10.1 Å². The molecule has 0 aromatic heterocycles. The van der Waals surface area contributed by atoms with E-state index in [2.05, 4.69) is 33.0 Å². The van der Waals surface area contributed by atoms with Crippen LogP contribution < -0.4 is 5.32 Å². The topological polar surface area (TPSA) is 55.4 Å². The highest BCUT2D eigenvalue weighted by atomic mass is 16.6. The van der Waals surface area contributed by atoms with E-state index in [4.69, 9.17) is 4.74 Å².